The summed E-state index contributed by atoms with van der Waals surface area (Å²) in [5.41, 5.74) is 8.96. The molecule has 0 unspecified atom stereocenters. The van der Waals surface area contributed by atoms with Gasteiger partial charge in [-0.1, -0.05) is 24.3 Å². The summed E-state index contributed by atoms with van der Waals surface area (Å²) in [6.45, 7) is 3.65. The molecular formula is C13H17NO. The van der Waals surface area contributed by atoms with Crippen LogP contribution in [0.3, 0.4) is 0 Å². The Bertz CT molecular complexity index is 380. The van der Waals surface area contributed by atoms with Gasteiger partial charge in [-0.25, -0.2) is 0 Å². The highest BCUT2D eigenvalue weighted by atomic mass is 16.1. The van der Waals surface area contributed by atoms with Crippen LogP contribution >= 0.6 is 0 Å². The summed E-state index contributed by atoms with van der Waals surface area (Å²) in [5, 5.41) is 0. The van der Waals surface area contributed by atoms with Gasteiger partial charge < -0.3 is 10.5 Å². The largest absolute Gasteiger partial charge is 0.404 e. The lowest BCUT2D eigenvalue weighted by Crippen LogP contribution is -1.96. The zero-order valence-corrected chi connectivity index (χ0v) is 9.29. The van der Waals surface area contributed by atoms with Crippen LogP contribution in [-0.2, 0) is 4.79 Å². The van der Waals surface area contributed by atoms with E-state index in [0.29, 0.717) is 6.42 Å². The number of aryl methyl sites for hydroxylation is 1. The minimum Gasteiger partial charge on any atom is -0.404 e. The molecule has 1 aromatic carbocycles. The van der Waals surface area contributed by atoms with E-state index in [1.54, 1.807) is 13.1 Å². The number of ketones is 1. The number of hydrogen-bond donors (Lipinski definition) is 1. The van der Waals surface area contributed by atoms with E-state index < -0.39 is 0 Å². The van der Waals surface area contributed by atoms with E-state index in [4.69, 9.17) is 5.73 Å². The van der Waals surface area contributed by atoms with Gasteiger partial charge in [-0.3, -0.25) is 0 Å². The first-order chi connectivity index (χ1) is 7.15. The summed E-state index contributed by atoms with van der Waals surface area (Å²) < 4.78 is 0. The van der Waals surface area contributed by atoms with Gasteiger partial charge in [0, 0.05) is 6.42 Å². The molecule has 80 valence electrons. The molecule has 0 amide bonds. The molecule has 2 N–H and O–H groups in total. The van der Waals surface area contributed by atoms with Crippen molar-refractivity contribution in [2.75, 3.05) is 0 Å². The molecule has 0 atom stereocenters. The summed E-state index contributed by atoms with van der Waals surface area (Å²) >= 11 is 0. The first kappa shape index (κ1) is 11.5. The molecule has 2 heteroatoms. The Labute approximate surface area is 90.8 Å². The highest BCUT2D eigenvalue weighted by Gasteiger charge is 2.05. The Morgan fingerprint density at radius 1 is 1.33 bits per heavy atom. The Hall–Kier alpha value is -1.57. The van der Waals surface area contributed by atoms with E-state index in [1.165, 1.54) is 5.56 Å². The average molecular weight is 203 g/mol. The van der Waals surface area contributed by atoms with Crippen molar-refractivity contribution in [1.82, 2.24) is 0 Å². The molecule has 0 saturated heterocycles. The molecular weight excluding hydrogens is 186 g/mol. The quantitative estimate of drug-likeness (QED) is 0.817. The second-order valence-electron chi connectivity index (χ2n) is 3.71. The molecule has 0 aromatic heterocycles. The number of hydrogen-bond acceptors (Lipinski definition) is 2. The summed E-state index contributed by atoms with van der Waals surface area (Å²) in [5.74, 6) is 0.197. The fourth-order valence-corrected chi connectivity index (χ4v) is 1.55. The van der Waals surface area contributed by atoms with Crippen LogP contribution < -0.4 is 5.73 Å². The van der Waals surface area contributed by atoms with E-state index in [-0.39, 0.29) is 5.78 Å². The van der Waals surface area contributed by atoms with Crippen LogP contribution in [0.5, 0.6) is 0 Å². The van der Waals surface area contributed by atoms with Crippen LogP contribution in [0.15, 0.2) is 30.5 Å². The number of Topliss-reactive ketones (excluding diaryl/α,β-unsaturated/α-hetero) is 1. The van der Waals surface area contributed by atoms with Crippen molar-refractivity contribution < 1.29 is 4.79 Å². The van der Waals surface area contributed by atoms with Gasteiger partial charge in [0.05, 0.1) is 0 Å². The fourth-order valence-electron chi connectivity index (χ4n) is 1.55. The minimum atomic E-state index is 0.197. The number of rotatable bonds is 4. The van der Waals surface area contributed by atoms with Gasteiger partial charge >= 0.3 is 0 Å². The second kappa shape index (κ2) is 5.35. The Balaban J connectivity index is 2.85. The molecule has 0 spiro atoms. The Kier molecular flexibility index (Phi) is 4.10. The van der Waals surface area contributed by atoms with E-state index in [1.807, 2.05) is 31.2 Å². The van der Waals surface area contributed by atoms with E-state index >= 15 is 0 Å². The number of nitrogens with two attached hydrogens (primary N) is 1. The highest BCUT2D eigenvalue weighted by molar-refractivity contribution is 5.78. The first-order valence-electron chi connectivity index (χ1n) is 5.11. The maximum Gasteiger partial charge on any atom is 0.130 e. The second-order valence-corrected chi connectivity index (χ2v) is 3.71. The Morgan fingerprint density at radius 2 is 2.00 bits per heavy atom. The third kappa shape index (κ3) is 3.24. The van der Waals surface area contributed by atoms with Gasteiger partial charge in [-0.2, -0.15) is 0 Å². The lowest BCUT2D eigenvalue weighted by molar-refractivity contribution is -0.116. The maximum atomic E-state index is 10.9. The van der Waals surface area contributed by atoms with Crippen LogP contribution in [0.4, 0.5) is 0 Å². The maximum absolute atomic E-state index is 10.9. The van der Waals surface area contributed by atoms with Gasteiger partial charge in [0.1, 0.15) is 5.78 Å². The predicted molar refractivity (Wildman–Crippen MR) is 63.3 cm³/mol. The van der Waals surface area contributed by atoms with Crippen LogP contribution in [0.1, 0.15) is 30.9 Å². The molecule has 1 aromatic rings. The monoisotopic (exact) mass is 203 g/mol. The topological polar surface area (TPSA) is 43.1 Å². The molecule has 15 heavy (non-hydrogen) atoms. The lowest BCUT2D eigenvalue weighted by atomic mass is 9.97. The third-order valence-electron chi connectivity index (χ3n) is 2.44. The average Bonchev–Trinajstić information content (AvgIpc) is 2.21. The van der Waals surface area contributed by atoms with Crippen molar-refractivity contribution in [2.45, 2.75) is 26.7 Å². The van der Waals surface area contributed by atoms with E-state index in [0.717, 1.165) is 17.6 Å². The summed E-state index contributed by atoms with van der Waals surface area (Å²) in [6, 6.07) is 8.07. The number of carbonyl (C=O) groups is 1. The van der Waals surface area contributed by atoms with Crippen molar-refractivity contribution in [3.8, 4) is 0 Å². The number of carbonyl (C=O) groups excluding carboxylic acids is 1. The molecule has 0 heterocycles. The van der Waals surface area contributed by atoms with E-state index in [2.05, 4.69) is 0 Å². The summed E-state index contributed by atoms with van der Waals surface area (Å²) in [7, 11) is 0. The van der Waals surface area contributed by atoms with Crippen molar-refractivity contribution in [3.05, 3.63) is 41.6 Å². The van der Waals surface area contributed by atoms with Crippen molar-refractivity contribution in [2.24, 2.45) is 5.73 Å². The van der Waals surface area contributed by atoms with Crippen LogP contribution in [0.25, 0.3) is 5.57 Å². The normalized spacial score (nSPS) is 11.5. The minimum absolute atomic E-state index is 0.197. The van der Waals surface area contributed by atoms with E-state index in [9.17, 15) is 4.79 Å². The summed E-state index contributed by atoms with van der Waals surface area (Å²) in [6.07, 6.45) is 2.87. The summed E-state index contributed by atoms with van der Waals surface area (Å²) in [4.78, 5) is 10.9. The van der Waals surface area contributed by atoms with Crippen LogP contribution in [-0.4, -0.2) is 5.78 Å². The fraction of sp³-hybridized carbons (Fsp3) is 0.308. The zero-order valence-electron chi connectivity index (χ0n) is 9.29. The van der Waals surface area contributed by atoms with Gasteiger partial charge in [-0.05, 0) is 43.2 Å². The van der Waals surface area contributed by atoms with Gasteiger partial charge in [0.2, 0.25) is 0 Å². The predicted octanol–water partition coefficient (Wildman–Crippen LogP) is 2.66. The molecule has 2 nitrogen and oxygen atoms in total. The molecule has 0 aliphatic heterocycles. The van der Waals surface area contributed by atoms with Crippen LogP contribution in [0, 0.1) is 6.92 Å². The zero-order chi connectivity index (χ0) is 11.3. The third-order valence-corrected chi connectivity index (χ3v) is 2.44. The first-order valence-corrected chi connectivity index (χ1v) is 5.11. The molecule has 0 aliphatic rings. The molecule has 0 aliphatic carbocycles. The number of benzene rings is 1. The number of allylic oxidation sites excluding steroid dienone is 1. The highest BCUT2D eigenvalue weighted by Crippen LogP contribution is 2.22. The molecule has 0 bridgehead atoms. The van der Waals surface area contributed by atoms with Gasteiger partial charge in [0.25, 0.3) is 0 Å². The molecule has 0 radical (unpaired) electrons. The van der Waals surface area contributed by atoms with Crippen molar-refractivity contribution in [1.29, 1.82) is 0 Å². The molecule has 1 rings (SSSR count). The molecule has 0 fully saturated rings. The Morgan fingerprint density at radius 3 is 2.53 bits per heavy atom. The SMILES string of the molecule is CC(=O)CC/C(=C/N)c1ccccc1C. The van der Waals surface area contributed by atoms with Gasteiger partial charge in [0.15, 0.2) is 0 Å². The van der Waals surface area contributed by atoms with Crippen molar-refractivity contribution >= 4 is 11.4 Å². The molecule has 0 saturated carbocycles. The van der Waals surface area contributed by atoms with Crippen molar-refractivity contribution in [3.63, 3.8) is 0 Å². The smallest absolute Gasteiger partial charge is 0.130 e. The van der Waals surface area contributed by atoms with Gasteiger partial charge in [-0.15, -0.1) is 0 Å². The standard InChI is InChI=1S/C13H17NO/c1-10-5-3-4-6-13(10)12(9-14)8-7-11(2)15/h3-6,9H,7-8,14H2,1-2H3/b12-9-. The lowest BCUT2D eigenvalue weighted by Gasteiger charge is -2.08. The van der Waals surface area contributed by atoms with Crippen LogP contribution in [0.2, 0.25) is 0 Å².